The van der Waals surface area contributed by atoms with Crippen LogP contribution in [0, 0.1) is 6.92 Å². The first-order valence-corrected chi connectivity index (χ1v) is 9.68. The Morgan fingerprint density at radius 2 is 1.63 bits per heavy atom. The molecule has 0 aliphatic heterocycles. The zero-order valence-corrected chi connectivity index (χ0v) is 16.9. The third-order valence-electron chi connectivity index (χ3n) is 4.12. The predicted octanol–water partition coefficient (Wildman–Crippen LogP) is 2.79. The predicted molar refractivity (Wildman–Crippen MR) is 104 cm³/mol. The number of amides is 1. The number of carbonyl (C=O) groups is 1. The highest BCUT2D eigenvalue weighted by atomic mass is 32.2. The van der Waals surface area contributed by atoms with E-state index >= 15 is 0 Å². The second-order valence-electron chi connectivity index (χ2n) is 6.10. The van der Waals surface area contributed by atoms with Gasteiger partial charge in [-0.3, -0.25) is 4.79 Å². The fourth-order valence-corrected chi connectivity index (χ4v) is 3.76. The monoisotopic (exact) mass is 392 g/mol. The van der Waals surface area contributed by atoms with E-state index in [9.17, 15) is 13.2 Å². The quantitative estimate of drug-likeness (QED) is 0.783. The highest BCUT2D eigenvalue weighted by Crippen LogP contribution is 2.31. The van der Waals surface area contributed by atoms with Crippen LogP contribution < -0.4 is 14.8 Å². The maximum absolute atomic E-state index is 12.8. The van der Waals surface area contributed by atoms with Gasteiger partial charge in [0.05, 0.1) is 19.1 Å². The van der Waals surface area contributed by atoms with Crippen molar-refractivity contribution in [3.63, 3.8) is 0 Å². The van der Waals surface area contributed by atoms with Crippen LogP contribution in [-0.4, -0.2) is 39.9 Å². The SMILES string of the molecule is COc1cc(C)c(CN(C)S(=O)(=O)c2ccc(NC(C)=O)cc2)cc1OC. The van der Waals surface area contributed by atoms with Gasteiger partial charge in [0, 0.05) is 26.2 Å². The van der Waals surface area contributed by atoms with Crippen LogP contribution >= 0.6 is 0 Å². The molecule has 0 radical (unpaired) electrons. The minimum Gasteiger partial charge on any atom is -0.493 e. The number of hydrogen-bond donors (Lipinski definition) is 1. The summed E-state index contributed by atoms with van der Waals surface area (Å²) in [5.74, 6) is 0.924. The molecule has 0 spiro atoms. The zero-order chi connectivity index (χ0) is 20.2. The van der Waals surface area contributed by atoms with Gasteiger partial charge in [0.15, 0.2) is 11.5 Å². The molecule has 2 rings (SSSR count). The number of aryl methyl sites for hydroxylation is 1. The summed E-state index contributed by atoms with van der Waals surface area (Å²) < 4.78 is 37.5. The fraction of sp³-hybridized carbons (Fsp3) is 0.316. The molecule has 0 aliphatic rings. The number of nitrogens with one attached hydrogen (secondary N) is 1. The Labute approximate surface area is 160 Å². The molecule has 0 aliphatic carbocycles. The van der Waals surface area contributed by atoms with Gasteiger partial charge in [-0.2, -0.15) is 4.31 Å². The van der Waals surface area contributed by atoms with Gasteiger partial charge in [0.1, 0.15) is 0 Å². The van der Waals surface area contributed by atoms with E-state index in [4.69, 9.17) is 9.47 Å². The van der Waals surface area contributed by atoms with Gasteiger partial charge >= 0.3 is 0 Å². The van der Waals surface area contributed by atoms with Gasteiger partial charge in [-0.1, -0.05) is 0 Å². The molecule has 1 N–H and O–H groups in total. The van der Waals surface area contributed by atoms with Crippen LogP contribution in [0.5, 0.6) is 11.5 Å². The summed E-state index contributed by atoms with van der Waals surface area (Å²) >= 11 is 0. The molecule has 0 bridgehead atoms. The highest BCUT2D eigenvalue weighted by molar-refractivity contribution is 7.89. The minimum atomic E-state index is -3.69. The summed E-state index contributed by atoms with van der Waals surface area (Å²) in [5.41, 5.74) is 2.25. The highest BCUT2D eigenvalue weighted by Gasteiger charge is 2.22. The molecule has 0 saturated heterocycles. The lowest BCUT2D eigenvalue weighted by molar-refractivity contribution is -0.114. The molecule has 0 saturated carbocycles. The molecule has 7 nitrogen and oxygen atoms in total. The third-order valence-corrected chi connectivity index (χ3v) is 5.94. The molecule has 2 aromatic rings. The van der Waals surface area contributed by atoms with Gasteiger partial charge in [-0.05, 0) is 54.4 Å². The largest absolute Gasteiger partial charge is 0.493 e. The molecule has 0 heterocycles. The van der Waals surface area contributed by atoms with Crippen molar-refractivity contribution in [2.24, 2.45) is 0 Å². The number of methoxy groups -OCH3 is 2. The third kappa shape index (κ3) is 4.78. The van der Waals surface area contributed by atoms with E-state index in [0.29, 0.717) is 17.2 Å². The summed E-state index contributed by atoms with van der Waals surface area (Å²) in [5, 5.41) is 2.61. The lowest BCUT2D eigenvalue weighted by atomic mass is 10.1. The molecular weight excluding hydrogens is 368 g/mol. The Bertz CT molecular complexity index is 924. The number of rotatable bonds is 7. The topological polar surface area (TPSA) is 84.9 Å². The lowest BCUT2D eigenvalue weighted by Crippen LogP contribution is -2.27. The van der Waals surface area contributed by atoms with E-state index in [-0.39, 0.29) is 17.3 Å². The van der Waals surface area contributed by atoms with Gasteiger partial charge in [0.25, 0.3) is 0 Å². The van der Waals surface area contributed by atoms with Crippen LogP contribution in [0.15, 0.2) is 41.3 Å². The van der Waals surface area contributed by atoms with Crippen molar-refractivity contribution in [3.05, 3.63) is 47.5 Å². The molecule has 0 aromatic heterocycles. The Balaban J connectivity index is 2.26. The number of nitrogens with zero attached hydrogens (tertiary/aromatic N) is 1. The van der Waals surface area contributed by atoms with Crippen molar-refractivity contribution in [1.29, 1.82) is 0 Å². The minimum absolute atomic E-state index is 0.150. The van der Waals surface area contributed by atoms with Crippen molar-refractivity contribution < 1.29 is 22.7 Å². The van der Waals surface area contributed by atoms with Crippen molar-refractivity contribution in [1.82, 2.24) is 4.31 Å². The van der Waals surface area contributed by atoms with Crippen LogP contribution in [0.4, 0.5) is 5.69 Å². The van der Waals surface area contributed by atoms with Crippen molar-refractivity contribution in [2.75, 3.05) is 26.6 Å². The lowest BCUT2D eigenvalue weighted by Gasteiger charge is -2.20. The van der Waals surface area contributed by atoms with E-state index in [1.54, 1.807) is 25.3 Å². The number of sulfonamides is 1. The van der Waals surface area contributed by atoms with Crippen LogP contribution in [0.25, 0.3) is 0 Å². The summed E-state index contributed by atoms with van der Waals surface area (Å²) in [7, 11) is 0.925. The number of hydrogen-bond acceptors (Lipinski definition) is 5. The first kappa shape index (κ1) is 20.7. The van der Waals surface area contributed by atoms with Crippen LogP contribution in [0.1, 0.15) is 18.1 Å². The van der Waals surface area contributed by atoms with E-state index in [0.717, 1.165) is 11.1 Å². The Morgan fingerprint density at radius 3 is 2.15 bits per heavy atom. The second-order valence-corrected chi connectivity index (χ2v) is 8.15. The van der Waals surface area contributed by atoms with Gasteiger partial charge in [-0.25, -0.2) is 8.42 Å². The number of anilines is 1. The number of benzene rings is 2. The molecule has 2 aromatic carbocycles. The molecule has 8 heteroatoms. The smallest absolute Gasteiger partial charge is 0.243 e. The summed E-state index contributed by atoms with van der Waals surface area (Å²) in [6.45, 7) is 3.46. The van der Waals surface area contributed by atoms with Crippen LogP contribution in [-0.2, 0) is 21.4 Å². The Kier molecular flexibility index (Phi) is 6.45. The van der Waals surface area contributed by atoms with Gasteiger partial charge in [-0.15, -0.1) is 0 Å². The molecule has 0 unspecified atom stereocenters. The average molecular weight is 392 g/mol. The summed E-state index contributed by atoms with van der Waals surface area (Å²) in [6.07, 6.45) is 0. The fourth-order valence-electron chi connectivity index (χ4n) is 2.61. The van der Waals surface area contributed by atoms with Crippen molar-refractivity contribution in [2.45, 2.75) is 25.3 Å². The van der Waals surface area contributed by atoms with Crippen molar-refractivity contribution in [3.8, 4) is 11.5 Å². The normalized spacial score (nSPS) is 11.3. The van der Waals surface area contributed by atoms with E-state index in [1.165, 1.54) is 37.5 Å². The Morgan fingerprint density at radius 1 is 1.07 bits per heavy atom. The molecule has 0 fully saturated rings. The first-order chi connectivity index (χ1) is 12.7. The standard InChI is InChI=1S/C19H24N2O5S/c1-13-10-18(25-4)19(26-5)11-15(13)12-21(3)27(23,24)17-8-6-16(7-9-17)20-14(2)22/h6-11H,12H2,1-5H3,(H,20,22). The van der Waals surface area contributed by atoms with E-state index < -0.39 is 10.0 Å². The summed E-state index contributed by atoms with van der Waals surface area (Å²) in [4.78, 5) is 11.2. The second kappa shape index (κ2) is 8.41. The zero-order valence-electron chi connectivity index (χ0n) is 16.1. The van der Waals surface area contributed by atoms with E-state index in [1.807, 2.05) is 13.0 Å². The Hall–Kier alpha value is -2.58. The van der Waals surface area contributed by atoms with Crippen LogP contribution in [0.3, 0.4) is 0 Å². The maximum Gasteiger partial charge on any atom is 0.243 e. The molecular formula is C19H24N2O5S. The average Bonchev–Trinajstić information content (AvgIpc) is 2.62. The number of ether oxygens (including phenoxy) is 2. The summed E-state index contributed by atoms with van der Waals surface area (Å²) in [6, 6.07) is 9.65. The molecule has 1 amide bonds. The number of carbonyl (C=O) groups excluding carboxylic acids is 1. The maximum atomic E-state index is 12.8. The van der Waals surface area contributed by atoms with Gasteiger partial charge in [0.2, 0.25) is 15.9 Å². The molecule has 27 heavy (non-hydrogen) atoms. The molecule has 0 atom stereocenters. The molecule has 146 valence electrons. The first-order valence-electron chi connectivity index (χ1n) is 8.24. The van der Waals surface area contributed by atoms with Crippen molar-refractivity contribution >= 4 is 21.6 Å². The van der Waals surface area contributed by atoms with E-state index in [2.05, 4.69) is 5.32 Å². The van der Waals surface area contributed by atoms with Crippen LogP contribution in [0.2, 0.25) is 0 Å². The van der Waals surface area contributed by atoms with Gasteiger partial charge < -0.3 is 14.8 Å².